The highest BCUT2D eigenvalue weighted by Gasteiger charge is 2.35. The number of amides is 2. The minimum absolute atomic E-state index is 0.00387. The summed E-state index contributed by atoms with van der Waals surface area (Å²) in [5.41, 5.74) is 0. The first-order chi connectivity index (χ1) is 13.8. The van der Waals surface area contributed by atoms with Crippen molar-refractivity contribution in [3.05, 3.63) is 18.2 Å². The van der Waals surface area contributed by atoms with Crippen molar-refractivity contribution in [3.8, 4) is 11.5 Å². The van der Waals surface area contributed by atoms with Gasteiger partial charge in [-0.25, -0.2) is 8.42 Å². The zero-order valence-corrected chi connectivity index (χ0v) is 17.7. The van der Waals surface area contributed by atoms with Crippen molar-refractivity contribution in [1.29, 1.82) is 0 Å². The molecule has 3 rings (SSSR count). The molecule has 29 heavy (non-hydrogen) atoms. The maximum atomic E-state index is 13.0. The van der Waals surface area contributed by atoms with Crippen LogP contribution in [0, 0.1) is 5.92 Å². The molecule has 9 nitrogen and oxygen atoms in total. The first-order valence-corrected chi connectivity index (χ1v) is 11.0. The van der Waals surface area contributed by atoms with E-state index in [1.807, 2.05) is 0 Å². The Morgan fingerprint density at radius 3 is 2.24 bits per heavy atom. The molecule has 10 heteroatoms. The minimum Gasteiger partial charge on any atom is -0.493 e. The number of benzene rings is 1. The number of ether oxygens (including phenoxy) is 2. The maximum Gasteiger partial charge on any atom is 0.243 e. The average molecular weight is 426 g/mol. The molecule has 0 aromatic heterocycles. The Morgan fingerprint density at radius 1 is 1.07 bits per heavy atom. The molecule has 0 atom stereocenters. The van der Waals surface area contributed by atoms with Gasteiger partial charge in [0.25, 0.3) is 0 Å². The van der Waals surface area contributed by atoms with Crippen LogP contribution in [0.5, 0.6) is 11.5 Å². The minimum atomic E-state index is -3.68. The topological polar surface area (TPSA) is 105 Å². The van der Waals surface area contributed by atoms with Gasteiger partial charge in [-0.15, -0.1) is 0 Å². The number of nitrogens with one attached hydrogen (secondary N) is 1. The van der Waals surface area contributed by atoms with Crippen LogP contribution in [0.15, 0.2) is 23.1 Å². The summed E-state index contributed by atoms with van der Waals surface area (Å²) in [6.45, 7) is 3.13. The summed E-state index contributed by atoms with van der Waals surface area (Å²) in [4.78, 5) is 25.5. The number of carbonyl (C=O) groups is 2. The fraction of sp³-hybridized carbons (Fsp3) is 0.579. The van der Waals surface area contributed by atoms with Gasteiger partial charge in [0.05, 0.1) is 25.2 Å². The maximum absolute atomic E-state index is 13.0. The van der Waals surface area contributed by atoms with Crippen LogP contribution >= 0.6 is 0 Å². The molecule has 0 aliphatic carbocycles. The van der Waals surface area contributed by atoms with E-state index in [9.17, 15) is 18.0 Å². The van der Waals surface area contributed by atoms with E-state index in [-0.39, 0.29) is 41.8 Å². The van der Waals surface area contributed by atoms with Crippen LogP contribution in [0.4, 0.5) is 0 Å². The van der Waals surface area contributed by atoms with E-state index in [0.29, 0.717) is 37.4 Å². The lowest BCUT2D eigenvalue weighted by atomic mass is 9.96. The number of piperidine rings is 1. The molecule has 2 fully saturated rings. The lowest BCUT2D eigenvalue weighted by molar-refractivity contribution is -0.137. The van der Waals surface area contributed by atoms with E-state index in [2.05, 4.69) is 5.32 Å². The smallest absolute Gasteiger partial charge is 0.243 e. The van der Waals surface area contributed by atoms with Crippen molar-refractivity contribution in [3.63, 3.8) is 0 Å². The van der Waals surface area contributed by atoms with E-state index in [1.54, 1.807) is 11.0 Å². The lowest BCUT2D eigenvalue weighted by Gasteiger charge is -2.40. The van der Waals surface area contributed by atoms with Crippen molar-refractivity contribution in [1.82, 2.24) is 14.5 Å². The van der Waals surface area contributed by atoms with Crippen LogP contribution < -0.4 is 14.8 Å². The Labute approximate surface area is 171 Å². The van der Waals surface area contributed by atoms with Gasteiger partial charge in [0.2, 0.25) is 21.8 Å². The standard InChI is InChI=1S/C19H27N3O6S/c1-13(23)21-11-15(12-21)20-19(24)14-6-8-22(9-7-14)29(25,26)16-4-5-17(27-2)18(10-16)28-3/h4-5,10,14-15H,6-9,11-12H2,1-3H3,(H,20,24). The number of methoxy groups -OCH3 is 2. The molecule has 1 aromatic rings. The van der Waals surface area contributed by atoms with Crippen LogP contribution in [-0.2, 0) is 19.6 Å². The van der Waals surface area contributed by atoms with Gasteiger partial charge in [0.1, 0.15) is 0 Å². The van der Waals surface area contributed by atoms with E-state index in [0.717, 1.165) is 0 Å². The summed E-state index contributed by atoms with van der Waals surface area (Å²) < 4.78 is 37.7. The number of likely N-dealkylation sites (tertiary alicyclic amines) is 1. The monoisotopic (exact) mass is 425 g/mol. The normalized spacial score (nSPS) is 18.8. The molecule has 2 heterocycles. The van der Waals surface area contributed by atoms with Crippen LogP contribution in [-0.4, -0.2) is 75.9 Å². The molecular formula is C19H27N3O6S. The van der Waals surface area contributed by atoms with Crippen molar-refractivity contribution in [2.45, 2.75) is 30.7 Å². The third-order valence-electron chi connectivity index (χ3n) is 5.49. The molecule has 1 N–H and O–H groups in total. The van der Waals surface area contributed by atoms with E-state index >= 15 is 0 Å². The summed E-state index contributed by atoms with van der Waals surface area (Å²) in [5, 5.41) is 2.95. The Hall–Kier alpha value is -2.33. The molecule has 0 unspecified atom stereocenters. The Bertz CT molecular complexity index is 874. The number of hydrogen-bond acceptors (Lipinski definition) is 6. The van der Waals surface area contributed by atoms with E-state index in [4.69, 9.17) is 9.47 Å². The summed E-state index contributed by atoms with van der Waals surface area (Å²) in [5.74, 6) is 0.521. The Balaban J connectivity index is 1.57. The number of hydrogen-bond donors (Lipinski definition) is 1. The van der Waals surface area contributed by atoms with Gasteiger partial charge in [-0.1, -0.05) is 0 Å². The van der Waals surface area contributed by atoms with Crippen molar-refractivity contribution < 1.29 is 27.5 Å². The van der Waals surface area contributed by atoms with Crippen molar-refractivity contribution in [2.75, 3.05) is 40.4 Å². The second-order valence-electron chi connectivity index (χ2n) is 7.32. The first kappa shape index (κ1) is 21.4. The molecule has 2 aliphatic rings. The fourth-order valence-corrected chi connectivity index (χ4v) is 5.12. The summed E-state index contributed by atoms with van der Waals surface area (Å²) in [6, 6.07) is 4.49. The molecule has 160 valence electrons. The second-order valence-corrected chi connectivity index (χ2v) is 9.26. The van der Waals surface area contributed by atoms with Gasteiger partial charge < -0.3 is 19.7 Å². The van der Waals surface area contributed by atoms with Gasteiger partial charge in [0, 0.05) is 45.1 Å². The predicted octanol–water partition coefficient (Wildman–Crippen LogP) is 0.451. The number of carbonyl (C=O) groups excluding carboxylic acids is 2. The highest BCUT2D eigenvalue weighted by Crippen LogP contribution is 2.32. The van der Waals surface area contributed by atoms with Gasteiger partial charge in [-0.2, -0.15) is 4.31 Å². The third kappa shape index (κ3) is 4.48. The molecule has 0 spiro atoms. The zero-order valence-electron chi connectivity index (χ0n) is 16.9. The van der Waals surface area contributed by atoms with E-state index < -0.39 is 10.0 Å². The van der Waals surface area contributed by atoms with Gasteiger partial charge >= 0.3 is 0 Å². The average Bonchev–Trinajstić information content (AvgIpc) is 2.69. The highest BCUT2D eigenvalue weighted by molar-refractivity contribution is 7.89. The molecule has 0 saturated carbocycles. The molecular weight excluding hydrogens is 398 g/mol. The second kappa shape index (κ2) is 8.58. The molecule has 2 saturated heterocycles. The molecule has 2 aliphatic heterocycles. The molecule has 2 amide bonds. The van der Waals surface area contributed by atoms with Crippen molar-refractivity contribution in [2.24, 2.45) is 5.92 Å². The number of sulfonamides is 1. The number of nitrogens with zero attached hydrogens (tertiary/aromatic N) is 2. The largest absolute Gasteiger partial charge is 0.493 e. The van der Waals surface area contributed by atoms with Crippen LogP contribution in [0.25, 0.3) is 0 Å². The van der Waals surface area contributed by atoms with Crippen LogP contribution in [0.1, 0.15) is 19.8 Å². The lowest BCUT2D eigenvalue weighted by Crippen LogP contribution is -2.61. The van der Waals surface area contributed by atoms with Gasteiger partial charge in [-0.3, -0.25) is 9.59 Å². The van der Waals surface area contributed by atoms with Gasteiger partial charge in [-0.05, 0) is 25.0 Å². The van der Waals surface area contributed by atoms with Crippen molar-refractivity contribution >= 4 is 21.8 Å². The SMILES string of the molecule is COc1ccc(S(=O)(=O)N2CCC(C(=O)NC3CN(C(C)=O)C3)CC2)cc1OC. The summed E-state index contributed by atoms with van der Waals surface area (Å²) in [6.07, 6.45) is 0.920. The molecule has 1 aromatic carbocycles. The predicted molar refractivity (Wildman–Crippen MR) is 105 cm³/mol. The molecule has 0 radical (unpaired) electrons. The summed E-state index contributed by atoms with van der Waals surface area (Å²) in [7, 11) is -0.737. The Morgan fingerprint density at radius 2 is 1.69 bits per heavy atom. The summed E-state index contributed by atoms with van der Waals surface area (Å²) >= 11 is 0. The number of rotatable bonds is 6. The first-order valence-electron chi connectivity index (χ1n) is 9.54. The molecule has 0 bridgehead atoms. The van der Waals surface area contributed by atoms with Gasteiger partial charge in [0.15, 0.2) is 11.5 Å². The quantitative estimate of drug-likeness (QED) is 0.710. The zero-order chi connectivity index (χ0) is 21.2. The van der Waals surface area contributed by atoms with E-state index in [1.165, 1.54) is 37.6 Å². The fourth-order valence-electron chi connectivity index (χ4n) is 3.63. The van der Waals surface area contributed by atoms with Crippen LogP contribution in [0.3, 0.4) is 0 Å². The Kier molecular flexibility index (Phi) is 6.33. The van der Waals surface area contributed by atoms with Crippen LogP contribution in [0.2, 0.25) is 0 Å². The highest BCUT2D eigenvalue weighted by atomic mass is 32.2. The third-order valence-corrected chi connectivity index (χ3v) is 7.39.